The van der Waals surface area contributed by atoms with Gasteiger partial charge in [-0.3, -0.25) is 0 Å². The summed E-state index contributed by atoms with van der Waals surface area (Å²) in [4.78, 5) is 0. The smallest absolute Gasteiger partial charge is 0.0295 e. The molecule has 0 rings (SSSR count). The Hall–Kier alpha value is 0. The molecule has 0 aromatic rings. The Morgan fingerprint density at radius 3 is 1.57 bits per heavy atom. The van der Waals surface area contributed by atoms with Crippen LogP contribution >= 0.6 is 0 Å². The number of hydrogen-bond acceptors (Lipinski definition) is 0. The maximum absolute atomic E-state index is 2.46. The van der Waals surface area contributed by atoms with Crippen molar-refractivity contribution < 1.29 is 0 Å². The van der Waals surface area contributed by atoms with Gasteiger partial charge >= 0.3 is 0 Å². The predicted molar refractivity (Wildman–Crippen MR) is 66.5 cm³/mol. The zero-order valence-electron chi connectivity index (χ0n) is 11.6. The lowest BCUT2D eigenvalue weighted by atomic mass is 9.64. The van der Waals surface area contributed by atoms with E-state index in [4.69, 9.17) is 0 Å². The van der Waals surface area contributed by atoms with Gasteiger partial charge in [-0.25, -0.2) is 0 Å². The van der Waals surface area contributed by atoms with Crippen molar-refractivity contribution in [2.75, 3.05) is 0 Å². The first-order valence-corrected chi connectivity index (χ1v) is 6.12. The minimum absolute atomic E-state index is 0.452. The molecule has 0 aliphatic heterocycles. The van der Waals surface area contributed by atoms with Crippen LogP contribution in [0.2, 0.25) is 0 Å². The van der Waals surface area contributed by atoms with Crippen LogP contribution in [-0.4, -0.2) is 0 Å². The molecule has 0 heteroatoms. The summed E-state index contributed by atoms with van der Waals surface area (Å²) < 4.78 is 0. The maximum Gasteiger partial charge on any atom is -0.0295 e. The lowest BCUT2D eigenvalue weighted by molar-refractivity contribution is 0.0844. The molecule has 0 aliphatic carbocycles. The van der Waals surface area contributed by atoms with Gasteiger partial charge < -0.3 is 0 Å². The molecule has 0 bridgehead atoms. The van der Waals surface area contributed by atoms with Crippen molar-refractivity contribution in [3.05, 3.63) is 0 Å². The molecule has 86 valence electrons. The second-order valence-corrected chi connectivity index (χ2v) is 6.78. The van der Waals surface area contributed by atoms with Crippen LogP contribution in [0.4, 0.5) is 0 Å². The van der Waals surface area contributed by atoms with Crippen LogP contribution < -0.4 is 0 Å². The van der Waals surface area contributed by atoms with Crippen molar-refractivity contribution in [3.8, 4) is 0 Å². The van der Waals surface area contributed by atoms with Gasteiger partial charge in [-0.2, -0.15) is 0 Å². The van der Waals surface area contributed by atoms with E-state index < -0.39 is 0 Å². The van der Waals surface area contributed by atoms with Gasteiger partial charge in [0.2, 0.25) is 0 Å². The fourth-order valence-corrected chi connectivity index (χ4v) is 2.62. The van der Waals surface area contributed by atoms with Crippen molar-refractivity contribution in [2.45, 2.75) is 68.2 Å². The molecule has 0 heterocycles. The largest absolute Gasteiger partial charge is 0.0649 e. The van der Waals surface area contributed by atoms with Crippen LogP contribution in [0.5, 0.6) is 0 Å². The molecule has 0 radical (unpaired) electrons. The first-order chi connectivity index (χ1) is 6.12. The predicted octanol–water partition coefficient (Wildman–Crippen LogP) is 5.13. The summed E-state index contributed by atoms with van der Waals surface area (Å²) in [5.74, 6) is 1.61. The molecule has 2 atom stereocenters. The highest BCUT2D eigenvalue weighted by Gasteiger charge is 2.34. The van der Waals surface area contributed by atoms with Gasteiger partial charge in [-0.1, -0.05) is 61.8 Å². The van der Waals surface area contributed by atoms with Gasteiger partial charge in [0.05, 0.1) is 0 Å². The van der Waals surface area contributed by atoms with E-state index in [-0.39, 0.29) is 0 Å². The Balaban J connectivity index is 4.63. The third kappa shape index (κ3) is 4.02. The monoisotopic (exact) mass is 198 g/mol. The number of rotatable bonds is 4. The summed E-state index contributed by atoms with van der Waals surface area (Å²) >= 11 is 0. The van der Waals surface area contributed by atoms with E-state index in [9.17, 15) is 0 Å². The molecule has 0 N–H and O–H groups in total. The van der Waals surface area contributed by atoms with E-state index >= 15 is 0 Å². The molecule has 0 aliphatic rings. The number of hydrogen-bond donors (Lipinski definition) is 0. The Labute approximate surface area is 91.5 Å². The van der Waals surface area contributed by atoms with E-state index in [1.54, 1.807) is 0 Å². The lowest BCUT2D eigenvalue weighted by Crippen LogP contribution is -2.32. The van der Waals surface area contributed by atoms with Gasteiger partial charge in [-0.05, 0) is 29.1 Å². The van der Waals surface area contributed by atoms with Crippen LogP contribution in [0.3, 0.4) is 0 Å². The van der Waals surface area contributed by atoms with Gasteiger partial charge in [0, 0.05) is 0 Å². The highest BCUT2D eigenvalue weighted by atomic mass is 14.4. The molecule has 2 unspecified atom stereocenters. The first-order valence-electron chi connectivity index (χ1n) is 6.12. The van der Waals surface area contributed by atoms with E-state index in [1.807, 2.05) is 0 Å². The zero-order chi connectivity index (χ0) is 11.6. The van der Waals surface area contributed by atoms with Crippen molar-refractivity contribution in [1.82, 2.24) is 0 Å². The molecule has 0 saturated carbocycles. The standard InChI is InChI=1S/C14H30/c1-9-14(8,10-13(5,6)7)12(4)11(2)3/h11-12H,9-10H2,1-8H3. The molecule has 0 saturated heterocycles. The Morgan fingerprint density at radius 1 is 0.929 bits per heavy atom. The quantitative estimate of drug-likeness (QED) is 0.587. The molecule has 14 heavy (non-hydrogen) atoms. The maximum atomic E-state index is 2.46. The normalized spacial score (nSPS) is 19.5. The van der Waals surface area contributed by atoms with Crippen molar-refractivity contribution in [1.29, 1.82) is 0 Å². The van der Waals surface area contributed by atoms with E-state index in [2.05, 4.69) is 55.4 Å². The third-order valence-corrected chi connectivity index (χ3v) is 3.84. The topological polar surface area (TPSA) is 0 Å². The fraction of sp³-hybridized carbons (Fsp3) is 1.00. The fourth-order valence-electron chi connectivity index (χ4n) is 2.62. The van der Waals surface area contributed by atoms with Crippen molar-refractivity contribution >= 4 is 0 Å². The van der Waals surface area contributed by atoms with Crippen LogP contribution in [0.15, 0.2) is 0 Å². The van der Waals surface area contributed by atoms with E-state index in [0.717, 1.165) is 11.8 Å². The van der Waals surface area contributed by atoms with E-state index in [1.165, 1.54) is 12.8 Å². The summed E-state index contributed by atoms with van der Waals surface area (Å²) in [7, 11) is 0. The second-order valence-electron chi connectivity index (χ2n) is 6.78. The highest BCUT2D eigenvalue weighted by molar-refractivity contribution is 4.84. The summed E-state index contributed by atoms with van der Waals surface area (Å²) in [6.45, 7) is 19.0. The Kier molecular flexibility index (Phi) is 4.68. The van der Waals surface area contributed by atoms with Crippen LogP contribution in [-0.2, 0) is 0 Å². The molecular weight excluding hydrogens is 168 g/mol. The zero-order valence-corrected chi connectivity index (χ0v) is 11.6. The van der Waals surface area contributed by atoms with Gasteiger partial charge in [0.25, 0.3) is 0 Å². The highest BCUT2D eigenvalue weighted by Crippen LogP contribution is 2.44. The average molecular weight is 198 g/mol. The summed E-state index contributed by atoms with van der Waals surface area (Å²) in [5.41, 5.74) is 0.959. The van der Waals surface area contributed by atoms with Crippen molar-refractivity contribution in [3.63, 3.8) is 0 Å². The molecule has 0 nitrogen and oxygen atoms in total. The van der Waals surface area contributed by atoms with Gasteiger partial charge in [0.1, 0.15) is 0 Å². The average Bonchev–Trinajstić information content (AvgIpc) is 1.99. The van der Waals surface area contributed by atoms with Crippen molar-refractivity contribution in [2.24, 2.45) is 22.7 Å². The molecule has 0 aromatic carbocycles. The summed E-state index contributed by atoms with van der Waals surface area (Å²) in [6.07, 6.45) is 2.62. The van der Waals surface area contributed by atoms with Crippen LogP contribution in [0, 0.1) is 22.7 Å². The Morgan fingerprint density at radius 2 is 1.36 bits per heavy atom. The molecular formula is C14H30. The minimum atomic E-state index is 0.452. The van der Waals surface area contributed by atoms with Crippen LogP contribution in [0.25, 0.3) is 0 Å². The minimum Gasteiger partial charge on any atom is -0.0649 e. The summed E-state index contributed by atoms with van der Waals surface area (Å²) in [5, 5.41) is 0. The molecule has 0 fully saturated rings. The van der Waals surface area contributed by atoms with E-state index in [0.29, 0.717) is 10.8 Å². The molecule has 0 spiro atoms. The first kappa shape index (κ1) is 14.0. The van der Waals surface area contributed by atoms with Gasteiger partial charge in [0.15, 0.2) is 0 Å². The Bertz CT molecular complexity index is 161. The van der Waals surface area contributed by atoms with Gasteiger partial charge in [-0.15, -0.1) is 0 Å². The van der Waals surface area contributed by atoms with Crippen LogP contribution in [0.1, 0.15) is 68.2 Å². The molecule has 0 aromatic heterocycles. The second kappa shape index (κ2) is 4.68. The summed E-state index contributed by atoms with van der Waals surface area (Å²) in [6, 6.07) is 0. The lowest BCUT2D eigenvalue weighted by Gasteiger charge is -2.42. The third-order valence-electron chi connectivity index (χ3n) is 3.84. The molecule has 0 amide bonds. The SMILES string of the molecule is CCC(C)(CC(C)(C)C)C(C)C(C)C.